The van der Waals surface area contributed by atoms with Crippen LogP contribution in [0.2, 0.25) is 0 Å². The van der Waals surface area contributed by atoms with Gasteiger partial charge in [-0.25, -0.2) is 4.39 Å². The second-order valence-corrected chi connectivity index (χ2v) is 9.01. The van der Waals surface area contributed by atoms with Gasteiger partial charge in [0.1, 0.15) is 11.5 Å². The highest BCUT2D eigenvalue weighted by molar-refractivity contribution is 5.84. The lowest BCUT2D eigenvalue weighted by atomic mass is 9.97. The molecule has 0 spiro atoms. The third-order valence-corrected chi connectivity index (χ3v) is 6.41. The molecule has 3 N–H and O–H groups in total. The highest BCUT2D eigenvalue weighted by Crippen LogP contribution is 2.31. The summed E-state index contributed by atoms with van der Waals surface area (Å²) in [4.78, 5) is 3.45. The number of hydrogen-bond acceptors (Lipinski definition) is 2. The zero-order valence-electron chi connectivity index (χ0n) is 23.3. The fourth-order valence-corrected chi connectivity index (χ4v) is 4.25. The number of benzene rings is 1. The quantitative estimate of drug-likeness (QED) is 0.236. The van der Waals surface area contributed by atoms with Crippen LogP contribution >= 0.6 is 0 Å². The monoisotopic (exact) mass is 520 g/mol. The Kier molecular flexibility index (Phi) is 9.82. The summed E-state index contributed by atoms with van der Waals surface area (Å²) < 4.78 is 14.7. The molecule has 3 aromatic rings. The molecule has 0 bridgehead atoms. The van der Waals surface area contributed by atoms with E-state index in [2.05, 4.69) is 46.8 Å². The molecule has 0 aliphatic heterocycles. The highest BCUT2D eigenvalue weighted by atomic mass is 19.1. The molecule has 39 heavy (non-hydrogen) atoms. The molecule has 200 valence electrons. The van der Waals surface area contributed by atoms with Gasteiger partial charge < -0.3 is 10.3 Å². The van der Waals surface area contributed by atoms with E-state index in [-0.39, 0.29) is 5.82 Å². The summed E-state index contributed by atoms with van der Waals surface area (Å²) in [7, 11) is 0. The number of rotatable bonds is 11. The van der Waals surface area contributed by atoms with E-state index in [0.29, 0.717) is 5.56 Å². The Balaban J connectivity index is 2.12. The number of nitrogens with zero attached hydrogens (tertiary/aromatic N) is 1. The first-order valence-corrected chi connectivity index (χ1v) is 12.9. The third kappa shape index (κ3) is 6.63. The molecule has 0 atom stereocenters. The number of H-pyrrole nitrogens is 2. The lowest BCUT2D eigenvalue weighted by Gasteiger charge is -2.10. The van der Waals surface area contributed by atoms with Crippen molar-refractivity contribution in [3.05, 3.63) is 143 Å². The third-order valence-electron chi connectivity index (χ3n) is 6.41. The standard InChI is InChI=1S/C34H37FN4/c1-9-16-27(28-17-14-15-18-31(28)35)29-21-33(37-24(29)8)34-30(32(13-5)38-39-34)19-22(6)25(11-3)20-26(12-4)36-23(7)10-2/h9,11-21,36-38H,1,4,6-7,10H2,2-3,5,8H3/b25-11+,26-20+,27-16-,30-19+,32-13+. The number of halogens is 1. The Bertz CT molecular complexity index is 1620. The van der Waals surface area contributed by atoms with Gasteiger partial charge in [0, 0.05) is 33.4 Å². The normalized spacial score (nSPS) is 13.5. The van der Waals surface area contributed by atoms with E-state index in [0.717, 1.165) is 67.7 Å². The molecule has 2 aromatic heterocycles. The molecule has 0 fully saturated rings. The van der Waals surface area contributed by atoms with E-state index >= 15 is 0 Å². The second kappa shape index (κ2) is 13.2. The predicted molar refractivity (Wildman–Crippen MR) is 164 cm³/mol. The van der Waals surface area contributed by atoms with Crippen molar-refractivity contribution in [1.82, 2.24) is 20.5 Å². The number of nitrogens with one attached hydrogen (secondary N) is 3. The first kappa shape index (κ1) is 28.9. The largest absolute Gasteiger partial charge is 0.359 e. The SMILES string of the molecule is C=C/C=C(/c1ccccc1F)c1cc(-c2n[nH]c(=C/C)/c2=C\C(=C)C(/C=C(\C=C)NC(=C)CC)=C/C)[nH]c1C. The summed E-state index contributed by atoms with van der Waals surface area (Å²) >= 11 is 0. The first-order valence-electron chi connectivity index (χ1n) is 12.9. The Hall–Kier alpha value is -4.64. The van der Waals surface area contributed by atoms with Crippen LogP contribution in [0.3, 0.4) is 0 Å². The summed E-state index contributed by atoms with van der Waals surface area (Å²) in [5.41, 5.74) is 8.08. The van der Waals surface area contributed by atoms with Crippen molar-refractivity contribution in [2.24, 2.45) is 0 Å². The zero-order chi connectivity index (χ0) is 28.5. The smallest absolute Gasteiger partial charge is 0.131 e. The van der Waals surface area contributed by atoms with Crippen molar-refractivity contribution in [1.29, 1.82) is 0 Å². The van der Waals surface area contributed by atoms with Crippen molar-refractivity contribution in [2.75, 3.05) is 0 Å². The molecule has 2 heterocycles. The average Bonchev–Trinajstić information content (AvgIpc) is 3.52. The summed E-state index contributed by atoms with van der Waals surface area (Å²) in [5.74, 6) is -0.288. The van der Waals surface area contributed by atoms with Gasteiger partial charge in [-0.2, -0.15) is 5.10 Å². The molecule has 0 saturated carbocycles. The minimum Gasteiger partial charge on any atom is -0.359 e. The second-order valence-electron chi connectivity index (χ2n) is 9.01. The summed E-state index contributed by atoms with van der Waals surface area (Å²) in [6, 6.07) is 8.74. The van der Waals surface area contributed by atoms with Gasteiger partial charge in [0.05, 0.1) is 11.0 Å². The Labute approximate surface area is 230 Å². The van der Waals surface area contributed by atoms with Crippen LogP contribution in [0.25, 0.3) is 29.1 Å². The van der Waals surface area contributed by atoms with E-state index in [1.807, 2.05) is 70.2 Å². The minimum absolute atomic E-state index is 0.288. The summed E-state index contributed by atoms with van der Waals surface area (Å²) in [5, 5.41) is 12.8. The maximum absolute atomic E-state index is 14.7. The molecule has 0 aliphatic rings. The predicted octanol–water partition coefficient (Wildman–Crippen LogP) is 7.14. The van der Waals surface area contributed by atoms with E-state index in [4.69, 9.17) is 0 Å². The molecule has 0 saturated heterocycles. The molecular weight excluding hydrogens is 483 g/mol. The van der Waals surface area contributed by atoms with Gasteiger partial charge in [-0.15, -0.1) is 0 Å². The van der Waals surface area contributed by atoms with Crippen LogP contribution in [0.1, 0.15) is 44.0 Å². The van der Waals surface area contributed by atoms with Crippen LogP contribution in [0.4, 0.5) is 4.39 Å². The molecule has 5 heteroatoms. The van der Waals surface area contributed by atoms with Crippen LogP contribution in [-0.2, 0) is 0 Å². The number of aromatic amines is 2. The van der Waals surface area contributed by atoms with E-state index < -0.39 is 0 Å². The maximum atomic E-state index is 14.7. The lowest BCUT2D eigenvalue weighted by molar-refractivity contribution is 0.624. The zero-order valence-corrected chi connectivity index (χ0v) is 23.3. The van der Waals surface area contributed by atoms with Gasteiger partial charge in [0.2, 0.25) is 0 Å². The Morgan fingerprint density at radius 3 is 2.49 bits per heavy atom. The molecule has 1 aromatic carbocycles. The van der Waals surface area contributed by atoms with Crippen LogP contribution in [0.15, 0.2) is 110 Å². The maximum Gasteiger partial charge on any atom is 0.131 e. The van der Waals surface area contributed by atoms with Crippen LogP contribution in [-0.4, -0.2) is 15.2 Å². The van der Waals surface area contributed by atoms with Crippen LogP contribution < -0.4 is 15.9 Å². The Morgan fingerprint density at radius 2 is 1.87 bits per heavy atom. The molecule has 0 aliphatic carbocycles. The summed E-state index contributed by atoms with van der Waals surface area (Å²) in [6.45, 7) is 24.1. The molecule has 0 radical (unpaired) electrons. The van der Waals surface area contributed by atoms with Crippen molar-refractivity contribution in [3.63, 3.8) is 0 Å². The van der Waals surface area contributed by atoms with Gasteiger partial charge >= 0.3 is 0 Å². The van der Waals surface area contributed by atoms with Crippen molar-refractivity contribution in [2.45, 2.75) is 34.1 Å². The van der Waals surface area contributed by atoms with Gasteiger partial charge in [0.15, 0.2) is 0 Å². The van der Waals surface area contributed by atoms with Gasteiger partial charge in [-0.05, 0) is 74.3 Å². The van der Waals surface area contributed by atoms with E-state index in [1.165, 1.54) is 6.07 Å². The number of allylic oxidation sites excluding steroid dienone is 8. The molecule has 0 amide bonds. The number of aromatic nitrogens is 3. The van der Waals surface area contributed by atoms with Crippen molar-refractivity contribution >= 4 is 17.7 Å². The fraction of sp³-hybridized carbons (Fsp3) is 0.147. The van der Waals surface area contributed by atoms with Crippen molar-refractivity contribution < 1.29 is 4.39 Å². The number of hydrogen-bond donors (Lipinski definition) is 3. The van der Waals surface area contributed by atoms with Gasteiger partial charge in [0.25, 0.3) is 0 Å². The Morgan fingerprint density at radius 1 is 1.13 bits per heavy atom. The van der Waals surface area contributed by atoms with Crippen molar-refractivity contribution in [3.8, 4) is 11.4 Å². The molecule has 4 nitrogen and oxygen atoms in total. The first-order chi connectivity index (χ1) is 18.8. The molecule has 3 rings (SSSR count). The van der Waals surface area contributed by atoms with Gasteiger partial charge in [-0.3, -0.25) is 5.10 Å². The van der Waals surface area contributed by atoms with Gasteiger partial charge in [-0.1, -0.05) is 75.7 Å². The topological polar surface area (TPSA) is 56.5 Å². The fourth-order valence-electron chi connectivity index (χ4n) is 4.25. The summed E-state index contributed by atoms with van der Waals surface area (Å²) in [6.07, 6.45) is 14.1. The molecule has 0 unspecified atom stereocenters. The molecular formula is C34H37FN4. The number of aryl methyl sites for hydroxylation is 1. The van der Waals surface area contributed by atoms with Crippen LogP contribution in [0, 0.1) is 12.7 Å². The highest BCUT2D eigenvalue weighted by Gasteiger charge is 2.17. The van der Waals surface area contributed by atoms with Crippen LogP contribution in [0.5, 0.6) is 0 Å². The minimum atomic E-state index is -0.288. The average molecular weight is 521 g/mol. The van der Waals surface area contributed by atoms with E-state index in [1.54, 1.807) is 24.3 Å². The lowest BCUT2D eigenvalue weighted by Crippen LogP contribution is -2.23. The van der Waals surface area contributed by atoms with E-state index in [9.17, 15) is 4.39 Å².